The maximum absolute atomic E-state index is 12.5. The van der Waals surface area contributed by atoms with Crippen molar-refractivity contribution in [1.29, 1.82) is 0 Å². The molecule has 4 rings (SSSR count). The number of fused-ring (bicyclic) bond motifs is 2. The van der Waals surface area contributed by atoms with Crippen LogP contribution < -0.4 is 0 Å². The molecule has 24 heavy (non-hydrogen) atoms. The highest BCUT2D eigenvalue weighted by atomic mass is 16.6. The molecule has 0 saturated carbocycles. The van der Waals surface area contributed by atoms with E-state index in [-0.39, 0.29) is 35.0 Å². The summed E-state index contributed by atoms with van der Waals surface area (Å²) < 4.78 is 15.4. The first-order valence-electron chi connectivity index (χ1n) is 7.17. The van der Waals surface area contributed by atoms with E-state index < -0.39 is 11.8 Å². The Morgan fingerprint density at radius 2 is 1.71 bits per heavy atom. The molecule has 0 radical (unpaired) electrons. The fraction of sp³-hybridized carbons (Fsp3) is 0.0556. The number of carbonyl (C=O) groups is 3. The van der Waals surface area contributed by atoms with E-state index in [0.717, 1.165) is 0 Å². The Morgan fingerprint density at radius 1 is 0.958 bits per heavy atom. The molecule has 6 heteroatoms. The van der Waals surface area contributed by atoms with Crippen LogP contribution in [-0.4, -0.2) is 17.5 Å². The van der Waals surface area contributed by atoms with Crippen LogP contribution in [0.1, 0.15) is 48.4 Å². The second kappa shape index (κ2) is 5.34. The van der Waals surface area contributed by atoms with Crippen molar-refractivity contribution in [3.8, 4) is 0 Å². The molecule has 0 saturated heterocycles. The van der Waals surface area contributed by atoms with E-state index >= 15 is 0 Å². The van der Waals surface area contributed by atoms with Crippen LogP contribution >= 0.6 is 0 Å². The number of carbonyl (C=O) groups excluding carboxylic acids is 3. The highest BCUT2D eigenvalue weighted by molar-refractivity contribution is 6.27. The van der Waals surface area contributed by atoms with Crippen molar-refractivity contribution in [1.82, 2.24) is 0 Å². The van der Waals surface area contributed by atoms with Crippen LogP contribution in [0.25, 0.3) is 0 Å². The molecule has 0 aliphatic heterocycles. The average Bonchev–Trinajstić information content (AvgIpc) is 3.27. The van der Waals surface area contributed by atoms with Crippen LogP contribution in [-0.2, 0) is 11.3 Å². The molecule has 3 aromatic rings. The zero-order valence-corrected chi connectivity index (χ0v) is 12.3. The number of ether oxygens (including phenoxy) is 1. The molecule has 0 amide bonds. The molecule has 1 aromatic carbocycles. The molecule has 1 aliphatic rings. The van der Waals surface area contributed by atoms with Crippen LogP contribution in [0.4, 0.5) is 0 Å². The summed E-state index contributed by atoms with van der Waals surface area (Å²) in [7, 11) is 0. The summed E-state index contributed by atoms with van der Waals surface area (Å²) >= 11 is 0. The summed E-state index contributed by atoms with van der Waals surface area (Å²) in [5.41, 5.74) is 0.634. The normalized spacial score (nSPS) is 12.7. The number of hydrogen-bond acceptors (Lipinski definition) is 6. The third kappa shape index (κ3) is 2.16. The summed E-state index contributed by atoms with van der Waals surface area (Å²) in [5, 5.41) is 0. The van der Waals surface area contributed by atoms with Gasteiger partial charge in [-0.05, 0) is 12.1 Å². The number of furan rings is 2. The van der Waals surface area contributed by atoms with Gasteiger partial charge in [0.2, 0.25) is 11.5 Å². The minimum absolute atomic E-state index is 0.0701. The molecular formula is C18H10O6. The smallest absolute Gasteiger partial charge is 0.374 e. The monoisotopic (exact) mass is 322 g/mol. The lowest BCUT2D eigenvalue weighted by atomic mass is 9.89. The number of esters is 1. The average molecular weight is 322 g/mol. The van der Waals surface area contributed by atoms with Crippen molar-refractivity contribution in [3.63, 3.8) is 0 Å². The Morgan fingerprint density at radius 3 is 2.42 bits per heavy atom. The molecule has 0 N–H and O–H groups in total. The number of hydrogen-bond donors (Lipinski definition) is 0. The van der Waals surface area contributed by atoms with Crippen molar-refractivity contribution >= 4 is 17.5 Å². The van der Waals surface area contributed by atoms with Gasteiger partial charge in [-0.3, -0.25) is 9.59 Å². The Balaban J connectivity index is 1.63. The third-order valence-corrected chi connectivity index (χ3v) is 3.73. The summed E-state index contributed by atoms with van der Waals surface area (Å²) in [6, 6.07) is 11.0. The van der Waals surface area contributed by atoms with E-state index in [1.54, 1.807) is 36.4 Å². The predicted molar refractivity (Wildman–Crippen MR) is 79.8 cm³/mol. The topological polar surface area (TPSA) is 86.7 Å². The van der Waals surface area contributed by atoms with E-state index in [2.05, 4.69) is 0 Å². The highest BCUT2D eigenvalue weighted by Crippen LogP contribution is 2.29. The zero-order valence-electron chi connectivity index (χ0n) is 12.3. The largest absolute Gasteiger partial charge is 0.466 e. The second-order valence-electron chi connectivity index (χ2n) is 5.21. The van der Waals surface area contributed by atoms with Crippen molar-refractivity contribution < 1.29 is 28.0 Å². The Labute approximate surface area is 135 Å². The van der Waals surface area contributed by atoms with E-state index in [9.17, 15) is 14.4 Å². The van der Waals surface area contributed by atoms with Gasteiger partial charge in [-0.15, -0.1) is 0 Å². The number of rotatable bonds is 3. The lowest BCUT2D eigenvalue weighted by Gasteiger charge is -2.11. The Bertz CT molecular complexity index is 909. The van der Waals surface area contributed by atoms with Gasteiger partial charge >= 0.3 is 5.97 Å². The van der Waals surface area contributed by atoms with Gasteiger partial charge in [0.25, 0.3) is 0 Å². The van der Waals surface area contributed by atoms with E-state index in [4.69, 9.17) is 13.6 Å². The first kappa shape index (κ1) is 14.2. The summed E-state index contributed by atoms with van der Waals surface area (Å²) in [5.74, 6) is -1.41. The van der Waals surface area contributed by atoms with E-state index in [0.29, 0.717) is 11.3 Å². The maximum Gasteiger partial charge on any atom is 0.374 e. The second-order valence-corrected chi connectivity index (χ2v) is 5.21. The standard InChI is InChI=1S/C18H10O6/c19-15-11-5-1-2-6-12(11)16(20)17-13(15)8-14(24-17)18(21)23-9-10-4-3-7-22-10/h1-8H,9H2. The SMILES string of the molecule is O=C(OCc1ccco1)c1cc2c(o1)C(=O)c1ccccc1C2=O. The minimum Gasteiger partial charge on any atom is -0.466 e. The van der Waals surface area contributed by atoms with Gasteiger partial charge in [-0.25, -0.2) is 4.79 Å². The quantitative estimate of drug-likeness (QED) is 0.539. The van der Waals surface area contributed by atoms with Crippen LogP contribution in [0.5, 0.6) is 0 Å². The lowest BCUT2D eigenvalue weighted by Crippen LogP contribution is -2.18. The van der Waals surface area contributed by atoms with Gasteiger partial charge in [-0.2, -0.15) is 0 Å². The van der Waals surface area contributed by atoms with Gasteiger partial charge in [0.05, 0.1) is 11.8 Å². The molecule has 0 atom stereocenters. The number of ketones is 2. The summed E-state index contributed by atoms with van der Waals surface area (Å²) in [6.45, 7) is -0.0701. The Kier molecular flexibility index (Phi) is 3.16. The molecule has 0 unspecified atom stereocenters. The highest BCUT2D eigenvalue weighted by Gasteiger charge is 2.34. The van der Waals surface area contributed by atoms with Gasteiger partial charge in [-0.1, -0.05) is 24.3 Å². The summed E-state index contributed by atoms with van der Waals surface area (Å²) in [4.78, 5) is 36.9. The van der Waals surface area contributed by atoms with Crippen molar-refractivity contribution in [2.24, 2.45) is 0 Å². The van der Waals surface area contributed by atoms with E-state index in [1.165, 1.54) is 12.3 Å². The van der Waals surface area contributed by atoms with Gasteiger partial charge in [0, 0.05) is 17.2 Å². The molecule has 0 spiro atoms. The van der Waals surface area contributed by atoms with E-state index in [1.807, 2.05) is 0 Å². The van der Waals surface area contributed by atoms with Crippen molar-refractivity contribution in [2.45, 2.75) is 6.61 Å². The number of benzene rings is 1. The molecule has 118 valence electrons. The third-order valence-electron chi connectivity index (χ3n) is 3.73. The molecular weight excluding hydrogens is 312 g/mol. The fourth-order valence-electron chi connectivity index (χ4n) is 2.58. The molecule has 6 nitrogen and oxygen atoms in total. The van der Waals surface area contributed by atoms with Crippen LogP contribution in [0.3, 0.4) is 0 Å². The van der Waals surface area contributed by atoms with Gasteiger partial charge in [0.15, 0.2) is 11.5 Å². The lowest BCUT2D eigenvalue weighted by molar-refractivity contribution is 0.0407. The first-order chi connectivity index (χ1) is 11.6. The van der Waals surface area contributed by atoms with Crippen LogP contribution in [0.2, 0.25) is 0 Å². The van der Waals surface area contributed by atoms with Crippen LogP contribution in [0, 0.1) is 0 Å². The summed E-state index contributed by atoms with van der Waals surface area (Å²) in [6.07, 6.45) is 1.46. The maximum atomic E-state index is 12.5. The first-order valence-corrected chi connectivity index (χ1v) is 7.17. The van der Waals surface area contributed by atoms with Crippen molar-refractivity contribution in [3.05, 3.63) is 82.7 Å². The fourth-order valence-corrected chi connectivity index (χ4v) is 2.58. The van der Waals surface area contributed by atoms with Gasteiger partial charge < -0.3 is 13.6 Å². The molecule has 1 aliphatic carbocycles. The predicted octanol–water partition coefficient (Wildman–Crippen LogP) is 3.01. The molecule has 2 aromatic heterocycles. The van der Waals surface area contributed by atoms with Crippen LogP contribution in [0.15, 0.2) is 57.6 Å². The Hall–Kier alpha value is -3.41. The zero-order chi connectivity index (χ0) is 16.7. The van der Waals surface area contributed by atoms with Gasteiger partial charge in [0.1, 0.15) is 12.4 Å². The molecule has 2 heterocycles. The minimum atomic E-state index is -0.773. The molecule has 0 bridgehead atoms. The van der Waals surface area contributed by atoms with Crippen molar-refractivity contribution in [2.75, 3.05) is 0 Å². The molecule has 0 fully saturated rings.